The second-order valence-electron chi connectivity index (χ2n) is 6.88. The number of rotatable bonds is 1. The van der Waals surface area contributed by atoms with Crippen LogP contribution < -0.4 is 5.32 Å². The average Bonchev–Trinajstić information content (AvgIpc) is 2.97. The molecule has 1 heterocycles. The Kier molecular flexibility index (Phi) is 3.11. The van der Waals surface area contributed by atoms with E-state index in [9.17, 15) is 0 Å². The standard InChI is InChI=1S/C21H23N/c1-13-11-15(3)20-19(12-13)17-9-6-10-18(17)21(22-20)16-8-5-4-7-14(16)2/h4-9,11-12,17-18,21-22H,10H2,1-3H3. The van der Waals surface area contributed by atoms with Gasteiger partial charge in [0.2, 0.25) is 0 Å². The van der Waals surface area contributed by atoms with Gasteiger partial charge in [-0.15, -0.1) is 0 Å². The summed E-state index contributed by atoms with van der Waals surface area (Å²) in [6.45, 7) is 6.66. The zero-order valence-corrected chi connectivity index (χ0v) is 13.6. The Morgan fingerprint density at radius 1 is 0.955 bits per heavy atom. The Hall–Kier alpha value is -2.02. The molecule has 1 nitrogen and oxygen atoms in total. The Labute approximate surface area is 133 Å². The fourth-order valence-electron chi connectivity index (χ4n) is 4.32. The molecular formula is C21H23N. The lowest BCUT2D eigenvalue weighted by atomic mass is 9.75. The van der Waals surface area contributed by atoms with Crippen molar-refractivity contribution in [1.82, 2.24) is 0 Å². The lowest BCUT2D eigenvalue weighted by Crippen LogP contribution is -2.30. The molecule has 1 N–H and O–H groups in total. The van der Waals surface area contributed by atoms with Crippen molar-refractivity contribution >= 4 is 5.69 Å². The third kappa shape index (κ3) is 1.99. The second kappa shape index (κ2) is 5.01. The third-order valence-electron chi connectivity index (χ3n) is 5.33. The molecule has 4 rings (SSSR count). The lowest BCUT2D eigenvalue weighted by Gasteiger charge is -2.39. The summed E-state index contributed by atoms with van der Waals surface area (Å²) in [6, 6.07) is 13.9. The Morgan fingerprint density at radius 3 is 2.59 bits per heavy atom. The monoisotopic (exact) mass is 289 g/mol. The second-order valence-corrected chi connectivity index (χ2v) is 6.88. The van der Waals surface area contributed by atoms with E-state index >= 15 is 0 Å². The number of hydrogen-bond donors (Lipinski definition) is 1. The van der Waals surface area contributed by atoms with Gasteiger partial charge in [-0.25, -0.2) is 0 Å². The number of hydrogen-bond acceptors (Lipinski definition) is 1. The Morgan fingerprint density at radius 2 is 1.77 bits per heavy atom. The van der Waals surface area contributed by atoms with Gasteiger partial charge in [0.15, 0.2) is 0 Å². The van der Waals surface area contributed by atoms with E-state index in [2.05, 4.69) is 74.6 Å². The molecule has 22 heavy (non-hydrogen) atoms. The van der Waals surface area contributed by atoms with Crippen molar-refractivity contribution in [2.24, 2.45) is 5.92 Å². The van der Waals surface area contributed by atoms with Crippen LogP contribution in [-0.2, 0) is 0 Å². The van der Waals surface area contributed by atoms with Crippen LogP contribution in [-0.4, -0.2) is 0 Å². The highest BCUT2D eigenvalue weighted by atomic mass is 15.0. The van der Waals surface area contributed by atoms with E-state index in [4.69, 9.17) is 0 Å². The number of fused-ring (bicyclic) bond motifs is 3. The van der Waals surface area contributed by atoms with Crippen LogP contribution in [0.1, 0.15) is 46.2 Å². The molecule has 112 valence electrons. The topological polar surface area (TPSA) is 12.0 Å². The number of benzene rings is 2. The third-order valence-corrected chi connectivity index (χ3v) is 5.33. The molecule has 2 aromatic carbocycles. The van der Waals surface area contributed by atoms with Gasteiger partial charge < -0.3 is 5.32 Å². The van der Waals surface area contributed by atoms with Crippen LogP contribution in [0.2, 0.25) is 0 Å². The fraction of sp³-hybridized carbons (Fsp3) is 0.333. The summed E-state index contributed by atoms with van der Waals surface area (Å²) < 4.78 is 0. The summed E-state index contributed by atoms with van der Waals surface area (Å²) in [7, 11) is 0. The first-order chi connectivity index (χ1) is 10.6. The summed E-state index contributed by atoms with van der Waals surface area (Å²) >= 11 is 0. The molecule has 0 spiro atoms. The van der Waals surface area contributed by atoms with Crippen molar-refractivity contribution in [3.05, 3.63) is 76.4 Å². The van der Waals surface area contributed by atoms with Crippen LogP contribution in [0.15, 0.2) is 48.6 Å². The van der Waals surface area contributed by atoms with Gasteiger partial charge in [-0.3, -0.25) is 0 Å². The van der Waals surface area contributed by atoms with Crippen molar-refractivity contribution in [3.63, 3.8) is 0 Å². The highest BCUT2D eigenvalue weighted by Gasteiger charge is 2.38. The number of aryl methyl sites for hydroxylation is 3. The zero-order chi connectivity index (χ0) is 15.3. The van der Waals surface area contributed by atoms with Crippen LogP contribution in [0, 0.1) is 26.7 Å². The average molecular weight is 289 g/mol. The molecule has 0 bridgehead atoms. The molecule has 1 heteroatoms. The van der Waals surface area contributed by atoms with E-state index in [-0.39, 0.29) is 0 Å². The number of allylic oxidation sites excluding steroid dienone is 2. The minimum Gasteiger partial charge on any atom is -0.377 e. The predicted octanol–water partition coefficient (Wildman–Crippen LogP) is 5.44. The first kappa shape index (κ1) is 13.6. The highest BCUT2D eigenvalue weighted by molar-refractivity contribution is 5.65. The fourth-order valence-corrected chi connectivity index (χ4v) is 4.32. The summed E-state index contributed by atoms with van der Waals surface area (Å²) in [5.41, 5.74) is 8.41. The molecule has 0 saturated heterocycles. The summed E-state index contributed by atoms with van der Waals surface area (Å²) in [5, 5.41) is 3.88. The largest absolute Gasteiger partial charge is 0.377 e. The van der Waals surface area contributed by atoms with Crippen LogP contribution in [0.5, 0.6) is 0 Å². The van der Waals surface area contributed by atoms with E-state index in [1.54, 1.807) is 0 Å². The molecule has 3 atom stereocenters. The van der Waals surface area contributed by atoms with Crippen molar-refractivity contribution < 1.29 is 0 Å². The van der Waals surface area contributed by atoms with Gasteiger partial charge in [-0.2, -0.15) is 0 Å². The van der Waals surface area contributed by atoms with E-state index in [0.29, 0.717) is 17.9 Å². The van der Waals surface area contributed by atoms with Gasteiger partial charge in [0.1, 0.15) is 0 Å². The van der Waals surface area contributed by atoms with Gasteiger partial charge in [0.25, 0.3) is 0 Å². The van der Waals surface area contributed by atoms with Gasteiger partial charge >= 0.3 is 0 Å². The zero-order valence-electron chi connectivity index (χ0n) is 13.6. The van der Waals surface area contributed by atoms with Crippen molar-refractivity contribution in [2.75, 3.05) is 5.32 Å². The quantitative estimate of drug-likeness (QED) is 0.689. The van der Waals surface area contributed by atoms with Gasteiger partial charge in [0, 0.05) is 11.6 Å². The van der Waals surface area contributed by atoms with Crippen molar-refractivity contribution in [2.45, 2.75) is 39.2 Å². The summed E-state index contributed by atoms with van der Waals surface area (Å²) in [4.78, 5) is 0. The molecule has 0 amide bonds. The molecule has 0 saturated carbocycles. The van der Waals surface area contributed by atoms with E-state index < -0.39 is 0 Å². The molecule has 2 aromatic rings. The number of anilines is 1. The van der Waals surface area contributed by atoms with Gasteiger partial charge in [-0.05, 0) is 55.4 Å². The normalized spacial score (nSPS) is 25.5. The SMILES string of the molecule is Cc1cc(C)c2c(c1)C1C=CCC1C(c1ccccc1C)N2. The van der Waals surface area contributed by atoms with Crippen molar-refractivity contribution in [1.29, 1.82) is 0 Å². The highest BCUT2D eigenvalue weighted by Crippen LogP contribution is 2.51. The predicted molar refractivity (Wildman–Crippen MR) is 93.4 cm³/mol. The maximum absolute atomic E-state index is 3.88. The summed E-state index contributed by atoms with van der Waals surface area (Å²) in [6.07, 6.45) is 5.96. The number of nitrogens with one attached hydrogen (secondary N) is 1. The van der Waals surface area contributed by atoms with E-state index in [1.165, 1.54) is 39.9 Å². The van der Waals surface area contributed by atoms with Crippen LogP contribution in [0.4, 0.5) is 5.69 Å². The minimum atomic E-state index is 0.412. The molecule has 3 unspecified atom stereocenters. The van der Waals surface area contributed by atoms with Crippen LogP contribution in [0.3, 0.4) is 0 Å². The van der Waals surface area contributed by atoms with E-state index in [1.807, 2.05) is 0 Å². The summed E-state index contributed by atoms with van der Waals surface area (Å²) in [5.74, 6) is 1.19. The van der Waals surface area contributed by atoms with Crippen molar-refractivity contribution in [3.8, 4) is 0 Å². The molecule has 1 aliphatic carbocycles. The lowest BCUT2D eigenvalue weighted by molar-refractivity contribution is 0.424. The molecule has 0 aromatic heterocycles. The van der Waals surface area contributed by atoms with Crippen LogP contribution >= 0.6 is 0 Å². The Balaban J connectivity index is 1.86. The first-order valence-electron chi connectivity index (χ1n) is 8.25. The van der Waals surface area contributed by atoms with Gasteiger partial charge in [-0.1, -0.05) is 54.1 Å². The first-order valence-corrected chi connectivity index (χ1v) is 8.25. The molecule has 0 radical (unpaired) electrons. The smallest absolute Gasteiger partial charge is 0.0556 e. The molecule has 2 aliphatic rings. The Bertz CT molecular complexity index is 756. The van der Waals surface area contributed by atoms with E-state index in [0.717, 1.165) is 0 Å². The van der Waals surface area contributed by atoms with Crippen LogP contribution in [0.25, 0.3) is 0 Å². The molecular weight excluding hydrogens is 266 g/mol. The minimum absolute atomic E-state index is 0.412. The molecule has 0 fully saturated rings. The maximum atomic E-state index is 3.88. The molecule has 1 aliphatic heterocycles. The van der Waals surface area contributed by atoms with Gasteiger partial charge in [0.05, 0.1) is 6.04 Å². The maximum Gasteiger partial charge on any atom is 0.0556 e.